The van der Waals surface area contributed by atoms with Crippen LogP contribution >= 0.6 is 0 Å². The monoisotopic (exact) mass is 431 g/mol. The lowest BCUT2D eigenvalue weighted by atomic mass is 9.67. The molecule has 1 atom stereocenters. The van der Waals surface area contributed by atoms with Gasteiger partial charge < -0.3 is 33.7 Å². The van der Waals surface area contributed by atoms with E-state index in [-0.39, 0.29) is 11.7 Å². The van der Waals surface area contributed by atoms with E-state index < -0.39 is 5.79 Å². The molecule has 4 rings (SSSR count). The van der Waals surface area contributed by atoms with Crippen molar-refractivity contribution in [1.82, 2.24) is 5.32 Å². The predicted octanol–water partition coefficient (Wildman–Crippen LogP) is 2.94. The van der Waals surface area contributed by atoms with Crippen LogP contribution < -0.4 is 14.8 Å². The summed E-state index contributed by atoms with van der Waals surface area (Å²) in [6.45, 7) is 3.31. The second-order valence-electron chi connectivity index (χ2n) is 8.10. The van der Waals surface area contributed by atoms with Crippen LogP contribution in [0.4, 0.5) is 0 Å². The van der Waals surface area contributed by atoms with Crippen molar-refractivity contribution < 1.29 is 28.4 Å². The van der Waals surface area contributed by atoms with Crippen LogP contribution in [0.15, 0.2) is 42.0 Å². The Morgan fingerprint density at radius 3 is 2.45 bits per heavy atom. The Morgan fingerprint density at radius 2 is 1.77 bits per heavy atom. The van der Waals surface area contributed by atoms with Crippen molar-refractivity contribution in [2.45, 2.75) is 36.8 Å². The van der Waals surface area contributed by atoms with E-state index in [0.717, 1.165) is 42.9 Å². The van der Waals surface area contributed by atoms with Crippen molar-refractivity contribution in [1.29, 1.82) is 0 Å². The van der Waals surface area contributed by atoms with Crippen molar-refractivity contribution in [2.24, 2.45) is 0 Å². The highest BCUT2D eigenvalue weighted by molar-refractivity contribution is 5.49. The van der Waals surface area contributed by atoms with E-state index in [4.69, 9.17) is 28.4 Å². The van der Waals surface area contributed by atoms with E-state index in [1.807, 2.05) is 19.2 Å². The Hall–Kier alpha value is -1.90. The van der Waals surface area contributed by atoms with Gasteiger partial charge in [-0.3, -0.25) is 0 Å². The van der Waals surface area contributed by atoms with Crippen molar-refractivity contribution in [3.8, 4) is 11.5 Å². The first-order valence-electron chi connectivity index (χ1n) is 10.9. The molecule has 3 aliphatic rings. The molecule has 1 N–H and O–H groups in total. The minimum atomic E-state index is -0.700. The van der Waals surface area contributed by atoms with Gasteiger partial charge in [0.15, 0.2) is 23.6 Å². The largest absolute Gasteiger partial charge is 0.493 e. The first-order chi connectivity index (χ1) is 15.1. The summed E-state index contributed by atoms with van der Waals surface area (Å²) in [7, 11) is 5.31. The summed E-state index contributed by atoms with van der Waals surface area (Å²) >= 11 is 0. The van der Waals surface area contributed by atoms with Gasteiger partial charge in [-0.1, -0.05) is 18.2 Å². The smallest absolute Gasteiger partial charge is 0.194 e. The molecule has 1 spiro atoms. The van der Waals surface area contributed by atoms with Crippen LogP contribution in [0, 0.1) is 0 Å². The summed E-state index contributed by atoms with van der Waals surface area (Å²) in [6.07, 6.45) is 8.60. The van der Waals surface area contributed by atoms with Crippen molar-refractivity contribution >= 4 is 0 Å². The van der Waals surface area contributed by atoms with E-state index in [1.54, 1.807) is 14.2 Å². The summed E-state index contributed by atoms with van der Waals surface area (Å²) in [4.78, 5) is 0. The number of rotatable bonds is 8. The van der Waals surface area contributed by atoms with Gasteiger partial charge in [-0.25, -0.2) is 0 Å². The quantitative estimate of drug-likeness (QED) is 0.679. The average Bonchev–Trinajstić information content (AvgIpc) is 3.50. The van der Waals surface area contributed by atoms with Gasteiger partial charge in [-0.2, -0.15) is 0 Å². The summed E-state index contributed by atoms with van der Waals surface area (Å²) in [6, 6.07) is 6.20. The number of benzene rings is 1. The van der Waals surface area contributed by atoms with Crippen molar-refractivity contribution in [2.75, 3.05) is 54.2 Å². The number of ether oxygens (including phenoxy) is 6. The van der Waals surface area contributed by atoms with Gasteiger partial charge in [0.2, 0.25) is 0 Å². The maximum atomic E-state index is 6.14. The molecule has 1 aromatic rings. The van der Waals surface area contributed by atoms with Gasteiger partial charge in [0.25, 0.3) is 0 Å². The van der Waals surface area contributed by atoms with Crippen LogP contribution in [0.2, 0.25) is 0 Å². The van der Waals surface area contributed by atoms with E-state index in [2.05, 4.69) is 29.6 Å². The molecule has 2 aliphatic heterocycles. The summed E-state index contributed by atoms with van der Waals surface area (Å²) in [5, 5.41) is 3.31. The molecule has 2 heterocycles. The maximum Gasteiger partial charge on any atom is 0.194 e. The van der Waals surface area contributed by atoms with Gasteiger partial charge in [-0.05, 0) is 50.2 Å². The zero-order valence-corrected chi connectivity index (χ0v) is 18.6. The number of allylic oxidation sites excluding steroid dienone is 1. The molecule has 0 bridgehead atoms. The normalized spacial score (nSPS) is 26.0. The molecule has 7 nitrogen and oxygen atoms in total. The molecule has 31 heavy (non-hydrogen) atoms. The third kappa shape index (κ3) is 4.52. The summed E-state index contributed by atoms with van der Waals surface area (Å²) in [5.41, 5.74) is 2.01. The number of hydrogen-bond acceptors (Lipinski definition) is 7. The Morgan fingerprint density at radius 1 is 1.03 bits per heavy atom. The standard InChI is InChI=1S/C24H33NO6/c1-25-11-10-23(18-4-6-20(26-2)21(16-18)27-3)8-9-24(30-14-15-31-24)19(17-23)5-7-22-28-12-13-29-22/h4-7,16-17,22,25H,8-15H2,1-3H3/b7-5-/t23-/m1/s1. The fourth-order valence-corrected chi connectivity index (χ4v) is 4.69. The molecule has 0 aromatic heterocycles. The van der Waals surface area contributed by atoms with E-state index in [1.165, 1.54) is 5.56 Å². The minimum absolute atomic E-state index is 0.194. The Labute approximate surface area is 184 Å². The second kappa shape index (κ2) is 9.71. The molecule has 0 saturated carbocycles. The number of nitrogens with one attached hydrogen (secondary N) is 1. The Kier molecular flexibility index (Phi) is 6.99. The van der Waals surface area contributed by atoms with Crippen LogP contribution in [0.5, 0.6) is 11.5 Å². The number of methoxy groups -OCH3 is 2. The lowest BCUT2D eigenvalue weighted by Gasteiger charge is -2.42. The van der Waals surface area contributed by atoms with Crippen molar-refractivity contribution in [3.63, 3.8) is 0 Å². The van der Waals surface area contributed by atoms with Crippen LogP contribution in [-0.2, 0) is 24.4 Å². The average molecular weight is 432 g/mol. The molecule has 170 valence electrons. The first kappa shape index (κ1) is 22.3. The van der Waals surface area contributed by atoms with Gasteiger partial charge in [0.1, 0.15) is 0 Å². The second-order valence-corrected chi connectivity index (χ2v) is 8.10. The van der Waals surface area contributed by atoms with E-state index >= 15 is 0 Å². The van der Waals surface area contributed by atoms with Gasteiger partial charge in [0, 0.05) is 17.4 Å². The minimum Gasteiger partial charge on any atom is -0.493 e. The molecule has 0 unspecified atom stereocenters. The van der Waals surface area contributed by atoms with Crippen LogP contribution in [0.3, 0.4) is 0 Å². The van der Waals surface area contributed by atoms with Crippen LogP contribution in [0.1, 0.15) is 24.8 Å². The zero-order valence-electron chi connectivity index (χ0n) is 18.6. The fraction of sp³-hybridized carbons (Fsp3) is 0.583. The molecule has 1 aliphatic carbocycles. The fourth-order valence-electron chi connectivity index (χ4n) is 4.69. The molecule has 0 radical (unpaired) electrons. The molecule has 2 saturated heterocycles. The van der Waals surface area contributed by atoms with Gasteiger partial charge in [-0.15, -0.1) is 0 Å². The lowest BCUT2D eigenvalue weighted by molar-refractivity contribution is -0.136. The Balaban J connectivity index is 1.76. The summed E-state index contributed by atoms with van der Waals surface area (Å²) in [5.74, 6) is 0.759. The topological polar surface area (TPSA) is 67.4 Å². The highest BCUT2D eigenvalue weighted by Crippen LogP contribution is 2.48. The molecule has 2 fully saturated rings. The Bertz CT molecular complexity index is 810. The lowest BCUT2D eigenvalue weighted by Crippen LogP contribution is -2.42. The predicted molar refractivity (Wildman–Crippen MR) is 117 cm³/mol. The van der Waals surface area contributed by atoms with Crippen LogP contribution in [-0.4, -0.2) is 66.3 Å². The number of hydrogen-bond donors (Lipinski definition) is 1. The molecular formula is C24H33NO6. The highest BCUT2D eigenvalue weighted by atomic mass is 16.7. The first-order valence-corrected chi connectivity index (χ1v) is 10.9. The van der Waals surface area contributed by atoms with Crippen molar-refractivity contribution in [3.05, 3.63) is 47.6 Å². The van der Waals surface area contributed by atoms with E-state index in [0.29, 0.717) is 26.4 Å². The molecular weight excluding hydrogens is 398 g/mol. The van der Waals surface area contributed by atoms with Gasteiger partial charge in [0.05, 0.1) is 40.6 Å². The molecule has 1 aromatic carbocycles. The maximum absolute atomic E-state index is 6.14. The zero-order chi connectivity index (χ0) is 21.7. The third-order valence-corrected chi connectivity index (χ3v) is 6.39. The van der Waals surface area contributed by atoms with E-state index in [9.17, 15) is 0 Å². The van der Waals surface area contributed by atoms with Gasteiger partial charge >= 0.3 is 0 Å². The summed E-state index contributed by atoms with van der Waals surface area (Å²) < 4.78 is 34.5. The molecule has 7 heteroatoms. The SMILES string of the molecule is CNCC[C@@]1(c2ccc(OC)c(OC)c2)C=C(/C=C\C2OCCO2)C2(CC1)OCCO2. The highest BCUT2D eigenvalue weighted by Gasteiger charge is 2.47. The molecule has 0 amide bonds. The third-order valence-electron chi connectivity index (χ3n) is 6.39. The van der Waals surface area contributed by atoms with Crippen LogP contribution in [0.25, 0.3) is 0 Å².